The van der Waals surface area contributed by atoms with Crippen LogP contribution in [0.25, 0.3) is 0 Å². The molecule has 116 valence electrons. The highest BCUT2D eigenvalue weighted by Crippen LogP contribution is 2.15. The van der Waals surface area contributed by atoms with E-state index in [0.29, 0.717) is 6.10 Å². The summed E-state index contributed by atoms with van der Waals surface area (Å²) in [7, 11) is 1.81. The van der Waals surface area contributed by atoms with Crippen LogP contribution < -0.4 is 5.73 Å². The Morgan fingerprint density at radius 1 is 1.25 bits per heavy atom. The van der Waals surface area contributed by atoms with Gasteiger partial charge in [0.15, 0.2) is 5.96 Å². The molecule has 2 aliphatic rings. The van der Waals surface area contributed by atoms with Gasteiger partial charge >= 0.3 is 0 Å². The molecule has 2 rings (SSSR count). The smallest absolute Gasteiger partial charge is 0.191 e. The summed E-state index contributed by atoms with van der Waals surface area (Å²) in [6, 6.07) is 0. The van der Waals surface area contributed by atoms with Crippen molar-refractivity contribution in [3.05, 3.63) is 0 Å². The molecule has 0 aromatic rings. The minimum absolute atomic E-state index is 0.453. The first-order valence-corrected chi connectivity index (χ1v) is 7.99. The third-order valence-electron chi connectivity index (χ3n) is 4.54. The number of hydrogen-bond donors (Lipinski definition) is 1. The molecular formula is C15H30N4O. The average Bonchev–Trinajstić information content (AvgIpc) is 2.48. The predicted octanol–water partition coefficient (Wildman–Crippen LogP) is 1.14. The van der Waals surface area contributed by atoms with Crippen molar-refractivity contribution in [3.63, 3.8) is 0 Å². The second kappa shape index (κ2) is 7.84. The summed E-state index contributed by atoms with van der Waals surface area (Å²) in [4.78, 5) is 9.27. The van der Waals surface area contributed by atoms with E-state index < -0.39 is 0 Å². The van der Waals surface area contributed by atoms with Crippen molar-refractivity contribution in [1.82, 2.24) is 9.80 Å². The zero-order valence-corrected chi connectivity index (χ0v) is 13.1. The maximum absolute atomic E-state index is 6.11. The van der Waals surface area contributed by atoms with E-state index in [4.69, 9.17) is 10.5 Å². The van der Waals surface area contributed by atoms with Crippen LogP contribution in [0.4, 0.5) is 0 Å². The summed E-state index contributed by atoms with van der Waals surface area (Å²) in [5, 5.41) is 0. The first-order chi connectivity index (χ1) is 9.69. The number of methoxy groups -OCH3 is 1. The number of nitrogens with two attached hydrogens (primary N) is 1. The van der Waals surface area contributed by atoms with Gasteiger partial charge in [-0.05, 0) is 31.6 Å². The summed E-state index contributed by atoms with van der Waals surface area (Å²) in [5.74, 6) is 1.48. The number of guanidine groups is 1. The summed E-state index contributed by atoms with van der Waals surface area (Å²) in [6.07, 6.45) is 5.29. The lowest BCUT2D eigenvalue weighted by molar-refractivity contribution is 0.0421. The summed E-state index contributed by atoms with van der Waals surface area (Å²) in [6.45, 7) is 8.49. The van der Waals surface area contributed by atoms with Crippen molar-refractivity contribution in [3.8, 4) is 0 Å². The Kier molecular flexibility index (Phi) is 6.10. The molecule has 0 aromatic heterocycles. The summed E-state index contributed by atoms with van der Waals surface area (Å²) < 4.78 is 5.39. The van der Waals surface area contributed by atoms with E-state index in [-0.39, 0.29) is 0 Å². The maximum Gasteiger partial charge on any atom is 0.191 e. The normalized spacial score (nSPS) is 27.0. The highest BCUT2D eigenvalue weighted by Gasteiger charge is 2.19. The standard InChI is InChI=1S/C15H30N4O/c1-13-4-3-8-19(12-13)15(16)17-7-11-18-9-5-14(20-2)6-10-18/h13-14H,3-12H2,1-2H3,(H2,16,17)/t13-/m1/s1. The molecule has 2 N–H and O–H groups in total. The van der Waals surface area contributed by atoms with Crippen LogP contribution in [0.2, 0.25) is 0 Å². The van der Waals surface area contributed by atoms with Gasteiger partial charge in [0.05, 0.1) is 12.6 Å². The number of likely N-dealkylation sites (tertiary alicyclic amines) is 2. The Bertz CT molecular complexity index is 313. The Hall–Kier alpha value is -0.810. The number of ether oxygens (including phenoxy) is 1. The SMILES string of the molecule is COC1CCN(CCN=C(N)N2CCC[C@@H](C)C2)CC1. The van der Waals surface area contributed by atoms with E-state index in [9.17, 15) is 0 Å². The number of aliphatic imine (C=N–C) groups is 1. The highest BCUT2D eigenvalue weighted by molar-refractivity contribution is 5.78. The molecular weight excluding hydrogens is 252 g/mol. The van der Waals surface area contributed by atoms with Crippen LogP contribution in [0, 0.1) is 5.92 Å². The monoisotopic (exact) mass is 282 g/mol. The van der Waals surface area contributed by atoms with Gasteiger partial charge in [-0.15, -0.1) is 0 Å². The summed E-state index contributed by atoms with van der Waals surface area (Å²) >= 11 is 0. The molecule has 0 amide bonds. The van der Waals surface area contributed by atoms with E-state index in [1.54, 1.807) is 0 Å². The third-order valence-corrected chi connectivity index (χ3v) is 4.54. The largest absolute Gasteiger partial charge is 0.381 e. The summed E-state index contributed by atoms with van der Waals surface area (Å²) in [5.41, 5.74) is 6.11. The van der Waals surface area contributed by atoms with Gasteiger partial charge in [0.2, 0.25) is 0 Å². The molecule has 2 fully saturated rings. The molecule has 2 heterocycles. The van der Waals surface area contributed by atoms with Gasteiger partial charge < -0.3 is 20.3 Å². The fraction of sp³-hybridized carbons (Fsp3) is 0.933. The molecule has 2 aliphatic heterocycles. The fourth-order valence-electron chi connectivity index (χ4n) is 3.17. The minimum Gasteiger partial charge on any atom is -0.381 e. The number of hydrogen-bond acceptors (Lipinski definition) is 3. The zero-order chi connectivity index (χ0) is 14.4. The molecule has 0 unspecified atom stereocenters. The highest BCUT2D eigenvalue weighted by atomic mass is 16.5. The average molecular weight is 282 g/mol. The Balaban J connectivity index is 1.67. The van der Waals surface area contributed by atoms with Crippen LogP contribution in [0.15, 0.2) is 4.99 Å². The fourth-order valence-corrected chi connectivity index (χ4v) is 3.17. The first-order valence-electron chi connectivity index (χ1n) is 7.99. The van der Waals surface area contributed by atoms with E-state index in [1.807, 2.05) is 7.11 Å². The predicted molar refractivity (Wildman–Crippen MR) is 82.9 cm³/mol. The van der Waals surface area contributed by atoms with E-state index >= 15 is 0 Å². The Labute approximate surface area is 123 Å². The third kappa shape index (κ3) is 4.63. The van der Waals surface area contributed by atoms with Crippen molar-refractivity contribution in [1.29, 1.82) is 0 Å². The molecule has 5 heteroatoms. The van der Waals surface area contributed by atoms with Crippen molar-refractivity contribution in [2.24, 2.45) is 16.6 Å². The molecule has 0 bridgehead atoms. The van der Waals surface area contributed by atoms with Gasteiger partial charge in [0.25, 0.3) is 0 Å². The van der Waals surface area contributed by atoms with Crippen LogP contribution in [0.5, 0.6) is 0 Å². The van der Waals surface area contributed by atoms with Gasteiger partial charge in [0.1, 0.15) is 0 Å². The molecule has 0 aliphatic carbocycles. The van der Waals surface area contributed by atoms with Gasteiger partial charge in [-0.2, -0.15) is 0 Å². The second-order valence-corrected chi connectivity index (χ2v) is 6.21. The molecule has 2 saturated heterocycles. The first kappa shape index (κ1) is 15.6. The van der Waals surface area contributed by atoms with Crippen molar-refractivity contribution in [2.75, 3.05) is 46.4 Å². The van der Waals surface area contributed by atoms with Gasteiger partial charge in [-0.1, -0.05) is 6.92 Å². The molecule has 0 aromatic carbocycles. The Morgan fingerprint density at radius 2 is 2.00 bits per heavy atom. The maximum atomic E-state index is 6.11. The van der Waals surface area contributed by atoms with Gasteiger partial charge in [0, 0.05) is 39.8 Å². The van der Waals surface area contributed by atoms with E-state index in [1.165, 1.54) is 12.8 Å². The van der Waals surface area contributed by atoms with Gasteiger partial charge in [-0.3, -0.25) is 4.99 Å². The quantitative estimate of drug-likeness (QED) is 0.621. The molecule has 5 nitrogen and oxygen atoms in total. The Morgan fingerprint density at radius 3 is 2.65 bits per heavy atom. The lowest BCUT2D eigenvalue weighted by Gasteiger charge is -2.32. The lowest BCUT2D eigenvalue weighted by atomic mass is 10.0. The number of rotatable bonds is 4. The van der Waals surface area contributed by atoms with Crippen molar-refractivity contribution in [2.45, 2.75) is 38.7 Å². The minimum atomic E-state index is 0.453. The topological polar surface area (TPSA) is 54.1 Å². The van der Waals surface area contributed by atoms with E-state index in [2.05, 4.69) is 21.7 Å². The van der Waals surface area contributed by atoms with Gasteiger partial charge in [-0.25, -0.2) is 0 Å². The van der Waals surface area contributed by atoms with Crippen LogP contribution in [-0.2, 0) is 4.74 Å². The molecule has 0 saturated carbocycles. The number of piperidine rings is 2. The van der Waals surface area contributed by atoms with Crippen LogP contribution in [0.3, 0.4) is 0 Å². The molecule has 0 radical (unpaired) electrons. The second-order valence-electron chi connectivity index (χ2n) is 6.21. The van der Waals surface area contributed by atoms with Crippen LogP contribution in [0.1, 0.15) is 32.6 Å². The van der Waals surface area contributed by atoms with E-state index in [0.717, 1.165) is 64.0 Å². The molecule has 20 heavy (non-hydrogen) atoms. The lowest BCUT2D eigenvalue weighted by Crippen LogP contribution is -2.44. The number of nitrogens with zero attached hydrogens (tertiary/aromatic N) is 3. The zero-order valence-electron chi connectivity index (χ0n) is 13.1. The van der Waals surface area contributed by atoms with Crippen LogP contribution >= 0.6 is 0 Å². The molecule has 1 atom stereocenters. The van der Waals surface area contributed by atoms with Crippen LogP contribution in [-0.4, -0.2) is 68.2 Å². The molecule has 0 spiro atoms. The van der Waals surface area contributed by atoms with Crippen molar-refractivity contribution < 1.29 is 4.74 Å². The van der Waals surface area contributed by atoms with Crippen molar-refractivity contribution >= 4 is 5.96 Å².